The largest absolute Gasteiger partial charge is 0.350 e. The lowest BCUT2D eigenvalue weighted by Crippen LogP contribution is -2.30. The molecule has 7 heteroatoms. The van der Waals surface area contributed by atoms with Gasteiger partial charge in [0.25, 0.3) is 15.9 Å². The number of nitrogens with one attached hydrogen (secondary N) is 3. The number of hydrogen-bond donors (Lipinski definition) is 3. The fraction of sp³-hybridized carbons (Fsp3) is 0.344. The molecule has 1 fully saturated rings. The van der Waals surface area contributed by atoms with Crippen molar-refractivity contribution >= 4 is 32.5 Å². The van der Waals surface area contributed by atoms with Gasteiger partial charge in [-0.3, -0.25) is 9.52 Å². The average Bonchev–Trinajstić information content (AvgIpc) is 3.31. The second kappa shape index (κ2) is 10.9. The van der Waals surface area contributed by atoms with Crippen LogP contribution in [0, 0.1) is 5.92 Å². The first-order chi connectivity index (χ1) is 18.6. The standard InChI is InChI=1S/C32H37N3O3S/c1-32(2,3)24-14-17-26(18-15-24)39(37,38)35-25-16-19-28-27(20-25)29(23-12-8-5-9-13-23)30(34-28)31(36)33-21-22-10-6-4-7-11-22/h5,8-9,12-20,22,34-35H,4,6-7,10-11,21H2,1-3H3,(H,33,36). The van der Waals surface area contributed by atoms with E-state index >= 15 is 0 Å². The third-order valence-corrected chi connectivity index (χ3v) is 9.04. The van der Waals surface area contributed by atoms with Crippen LogP contribution in [0.2, 0.25) is 0 Å². The molecule has 0 saturated heterocycles. The molecule has 0 aliphatic heterocycles. The summed E-state index contributed by atoms with van der Waals surface area (Å²) in [6.45, 7) is 6.95. The smallest absolute Gasteiger partial charge is 0.268 e. The zero-order valence-electron chi connectivity index (χ0n) is 22.9. The summed E-state index contributed by atoms with van der Waals surface area (Å²) in [4.78, 5) is 16.9. The van der Waals surface area contributed by atoms with Gasteiger partial charge in [-0.25, -0.2) is 8.42 Å². The van der Waals surface area contributed by atoms with Crippen molar-refractivity contribution in [3.05, 3.63) is 84.1 Å². The van der Waals surface area contributed by atoms with Crippen LogP contribution < -0.4 is 10.0 Å². The molecule has 1 aromatic heterocycles. The molecule has 0 atom stereocenters. The number of rotatable bonds is 7. The van der Waals surface area contributed by atoms with Gasteiger partial charge in [0.2, 0.25) is 0 Å². The highest BCUT2D eigenvalue weighted by atomic mass is 32.2. The summed E-state index contributed by atoms with van der Waals surface area (Å²) in [6.07, 6.45) is 6.03. The molecule has 0 radical (unpaired) electrons. The predicted molar refractivity (Wildman–Crippen MR) is 159 cm³/mol. The van der Waals surface area contributed by atoms with E-state index in [4.69, 9.17) is 0 Å². The molecule has 3 aromatic carbocycles. The van der Waals surface area contributed by atoms with Crippen LogP contribution in [0.3, 0.4) is 0 Å². The van der Waals surface area contributed by atoms with Gasteiger partial charge in [-0.1, -0.05) is 82.5 Å². The summed E-state index contributed by atoms with van der Waals surface area (Å²) in [5.41, 5.74) is 4.36. The van der Waals surface area contributed by atoms with Crippen molar-refractivity contribution < 1.29 is 13.2 Å². The number of sulfonamides is 1. The lowest BCUT2D eigenvalue weighted by molar-refractivity contribution is 0.0940. The van der Waals surface area contributed by atoms with Crippen molar-refractivity contribution in [2.45, 2.75) is 63.2 Å². The van der Waals surface area contributed by atoms with E-state index in [0.717, 1.165) is 40.4 Å². The Hall–Kier alpha value is -3.58. The Morgan fingerprint density at radius 2 is 1.62 bits per heavy atom. The van der Waals surface area contributed by atoms with Gasteiger partial charge in [-0.15, -0.1) is 0 Å². The molecule has 1 saturated carbocycles. The first-order valence-electron chi connectivity index (χ1n) is 13.7. The molecular weight excluding hydrogens is 506 g/mol. The maximum absolute atomic E-state index is 13.4. The van der Waals surface area contributed by atoms with Crippen LogP contribution in [0.5, 0.6) is 0 Å². The van der Waals surface area contributed by atoms with Crippen LogP contribution in [0.25, 0.3) is 22.0 Å². The highest BCUT2D eigenvalue weighted by Crippen LogP contribution is 2.35. The van der Waals surface area contributed by atoms with Gasteiger partial charge in [0, 0.05) is 28.7 Å². The molecular formula is C32H37N3O3S. The summed E-state index contributed by atoms with van der Waals surface area (Å²) in [7, 11) is -3.79. The van der Waals surface area contributed by atoms with E-state index in [-0.39, 0.29) is 16.2 Å². The third kappa shape index (κ3) is 6.04. The molecule has 1 aliphatic carbocycles. The molecule has 5 rings (SSSR count). The molecule has 0 bridgehead atoms. The van der Waals surface area contributed by atoms with Crippen LogP contribution >= 0.6 is 0 Å². The topological polar surface area (TPSA) is 91.1 Å². The first kappa shape index (κ1) is 27.0. The highest BCUT2D eigenvalue weighted by molar-refractivity contribution is 7.92. The Morgan fingerprint density at radius 1 is 0.923 bits per heavy atom. The molecule has 0 spiro atoms. The molecule has 0 unspecified atom stereocenters. The lowest BCUT2D eigenvalue weighted by atomic mass is 9.87. The van der Waals surface area contributed by atoms with Crippen LogP contribution in [-0.4, -0.2) is 25.9 Å². The number of hydrogen-bond acceptors (Lipinski definition) is 3. The summed E-state index contributed by atoms with van der Waals surface area (Å²) in [6, 6.07) is 22.1. The predicted octanol–water partition coefficient (Wildman–Crippen LogP) is 7.24. The quantitative estimate of drug-likeness (QED) is 0.229. The minimum absolute atomic E-state index is 0.0662. The minimum Gasteiger partial charge on any atom is -0.350 e. The Labute approximate surface area is 231 Å². The summed E-state index contributed by atoms with van der Waals surface area (Å²) >= 11 is 0. The van der Waals surface area contributed by atoms with Gasteiger partial charge < -0.3 is 10.3 Å². The number of carbonyl (C=O) groups is 1. The number of amides is 1. The van der Waals surface area contributed by atoms with Crippen LogP contribution in [0.15, 0.2) is 77.7 Å². The molecule has 4 aromatic rings. The van der Waals surface area contributed by atoms with Gasteiger partial charge in [-0.05, 0) is 65.6 Å². The Morgan fingerprint density at radius 3 is 2.28 bits per heavy atom. The number of fused-ring (bicyclic) bond motifs is 1. The van der Waals surface area contributed by atoms with Crippen molar-refractivity contribution in [2.75, 3.05) is 11.3 Å². The molecule has 6 nitrogen and oxygen atoms in total. The summed E-state index contributed by atoms with van der Waals surface area (Å²) in [5, 5.41) is 3.93. The number of aromatic amines is 1. The van der Waals surface area contributed by atoms with Gasteiger partial charge in [0.05, 0.1) is 4.90 Å². The van der Waals surface area contributed by atoms with Crippen molar-refractivity contribution in [3.8, 4) is 11.1 Å². The van der Waals surface area contributed by atoms with Crippen LogP contribution in [-0.2, 0) is 15.4 Å². The molecule has 1 aliphatic rings. The van der Waals surface area contributed by atoms with E-state index in [2.05, 4.69) is 35.8 Å². The van der Waals surface area contributed by atoms with Crippen LogP contribution in [0.1, 0.15) is 68.9 Å². The normalized spacial score (nSPS) is 14.8. The maximum atomic E-state index is 13.4. The third-order valence-electron chi connectivity index (χ3n) is 7.65. The van der Waals surface area contributed by atoms with E-state index in [9.17, 15) is 13.2 Å². The minimum atomic E-state index is -3.79. The lowest BCUT2D eigenvalue weighted by Gasteiger charge is -2.21. The van der Waals surface area contributed by atoms with Crippen molar-refractivity contribution in [3.63, 3.8) is 0 Å². The van der Waals surface area contributed by atoms with E-state index < -0.39 is 10.0 Å². The monoisotopic (exact) mass is 543 g/mol. The zero-order valence-corrected chi connectivity index (χ0v) is 23.7. The van der Waals surface area contributed by atoms with Gasteiger partial charge in [-0.2, -0.15) is 0 Å². The Kier molecular flexibility index (Phi) is 7.54. The van der Waals surface area contributed by atoms with E-state index in [1.54, 1.807) is 24.3 Å². The molecule has 204 valence electrons. The maximum Gasteiger partial charge on any atom is 0.268 e. The van der Waals surface area contributed by atoms with Crippen molar-refractivity contribution in [2.24, 2.45) is 5.92 Å². The molecule has 39 heavy (non-hydrogen) atoms. The SMILES string of the molecule is CC(C)(C)c1ccc(S(=O)(=O)Nc2ccc3[nH]c(C(=O)NCC4CCCCC4)c(-c4ccccc4)c3c2)cc1. The number of carbonyl (C=O) groups excluding carboxylic acids is 1. The van der Waals surface area contributed by atoms with Gasteiger partial charge >= 0.3 is 0 Å². The van der Waals surface area contributed by atoms with Gasteiger partial charge in [0.1, 0.15) is 5.69 Å². The highest BCUT2D eigenvalue weighted by Gasteiger charge is 2.23. The van der Waals surface area contributed by atoms with Crippen molar-refractivity contribution in [1.82, 2.24) is 10.3 Å². The average molecular weight is 544 g/mol. The zero-order chi connectivity index (χ0) is 27.6. The van der Waals surface area contributed by atoms with E-state index in [1.165, 1.54) is 19.3 Å². The van der Waals surface area contributed by atoms with E-state index in [0.29, 0.717) is 23.8 Å². The second-order valence-electron chi connectivity index (χ2n) is 11.6. The fourth-order valence-corrected chi connectivity index (χ4v) is 6.44. The second-order valence-corrected chi connectivity index (χ2v) is 13.3. The fourth-order valence-electron chi connectivity index (χ4n) is 5.40. The molecule has 1 heterocycles. The van der Waals surface area contributed by atoms with E-state index in [1.807, 2.05) is 48.5 Å². The molecule has 3 N–H and O–H groups in total. The number of aromatic nitrogens is 1. The molecule has 1 amide bonds. The van der Waals surface area contributed by atoms with Crippen LogP contribution in [0.4, 0.5) is 5.69 Å². The number of anilines is 1. The van der Waals surface area contributed by atoms with Gasteiger partial charge in [0.15, 0.2) is 0 Å². The first-order valence-corrected chi connectivity index (χ1v) is 15.2. The Balaban J connectivity index is 1.46. The summed E-state index contributed by atoms with van der Waals surface area (Å²) in [5.74, 6) is 0.377. The Bertz CT molecular complexity index is 1560. The summed E-state index contributed by atoms with van der Waals surface area (Å²) < 4.78 is 29.2. The van der Waals surface area contributed by atoms with Crippen molar-refractivity contribution in [1.29, 1.82) is 0 Å². The number of benzene rings is 3. The number of H-pyrrole nitrogens is 1.